The molecule has 0 spiro atoms. The van der Waals surface area contributed by atoms with Crippen LogP contribution in [0.3, 0.4) is 0 Å². The molecule has 2 aliphatic rings. The number of hydrogen-bond donors (Lipinski definition) is 2. The number of phenolic OH excluding ortho intramolecular Hbond substituents is 1. The molecule has 0 radical (unpaired) electrons. The highest BCUT2D eigenvalue weighted by molar-refractivity contribution is 6.31. The summed E-state index contributed by atoms with van der Waals surface area (Å²) < 4.78 is 5.76. The quantitative estimate of drug-likeness (QED) is 0.505. The van der Waals surface area contributed by atoms with E-state index in [2.05, 4.69) is 0 Å². The second kappa shape index (κ2) is 5.89. The van der Waals surface area contributed by atoms with Crippen LogP contribution in [0.15, 0.2) is 63.8 Å². The fourth-order valence-corrected chi connectivity index (χ4v) is 3.22. The molecular weight excluding hydrogens is 356 g/mol. The van der Waals surface area contributed by atoms with Crippen LogP contribution in [0.25, 0.3) is 33.4 Å². The van der Waals surface area contributed by atoms with Crippen LogP contribution < -0.4 is 5.43 Å². The molecule has 0 atom stereocenters. The number of carbonyl (C=O) groups is 1. The lowest BCUT2D eigenvalue weighted by atomic mass is 9.91. The Morgan fingerprint density at radius 3 is 2.54 bits per heavy atom. The van der Waals surface area contributed by atoms with Crippen molar-refractivity contribution in [2.24, 2.45) is 0 Å². The highest BCUT2D eigenvalue weighted by Gasteiger charge is 2.22. The van der Waals surface area contributed by atoms with Gasteiger partial charge in [0.15, 0.2) is 0 Å². The van der Waals surface area contributed by atoms with Crippen molar-refractivity contribution in [3.05, 3.63) is 75.4 Å². The minimum absolute atomic E-state index is 0.00520. The molecule has 0 amide bonds. The van der Waals surface area contributed by atoms with Crippen molar-refractivity contribution in [2.45, 2.75) is 0 Å². The van der Waals surface area contributed by atoms with Crippen LogP contribution in [0.2, 0.25) is 5.02 Å². The van der Waals surface area contributed by atoms with E-state index in [-0.39, 0.29) is 22.1 Å². The third-order valence-electron chi connectivity index (χ3n) is 4.18. The molecular formula is C20H11ClO5. The summed E-state index contributed by atoms with van der Waals surface area (Å²) in [6, 6.07) is 13.8. The predicted octanol–water partition coefficient (Wildman–Crippen LogP) is 4.62. The van der Waals surface area contributed by atoms with E-state index in [4.69, 9.17) is 16.0 Å². The monoisotopic (exact) mass is 366 g/mol. The van der Waals surface area contributed by atoms with E-state index in [1.54, 1.807) is 24.3 Å². The Hall–Kier alpha value is -3.31. The zero-order valence-electron chi connectivity index (χ0n) is 13.2. The van der Waals surface area contributed by atoms with Crippen LogP contribution in [0.1, 0.15) is 10.4 Å². The SMILES string of the molecule is O=C(O)c1ccccc1-c1c2cc(Cl)c(=O)cc-2oc2cc(O)ccc12. The molecule has 2 N–H and O–H groups in total. The van der Waals surface area contributed by atoms with Gasteiger partial charge in [-0.2, -0.15) is 0 Å². The molecule has 2 aromatic rings. The number of hydrogen-bond acceptors (Lipinski definition) is 4. The maximum absolute atomic E-state index is 11.9. The standard InChI is InChI=1S/C20H11ClO5/c21-15-8-14-18(9-16(15)23)26-17-7-10(22)5-6-13(17)19(14)11-3-1-2-4-12(11)20(24)25/h1-9,22H,(H,24,25). The molecule has 0 bridgehead atoms. The van der Waals surface area contributed by atoms with Gasteiger partial charge >= 0.3 is 5.97 Å². The summed E-state index contributed by atoms with van der Waals surface area (Å²) in [5, 5.41) is 20.0. The van der Waals surface area contributed by atoms with Gasteiger partial charge in [-0.25, -0.2) is 4.79 Å². The summed E-state index contributed by atoms with van der Waals surface area (Å²) in [5.41, 5.74) is 1.58. The first-order valence-corrected chi connectivity index (χ1v) is 8.05. The molecule has 128 valence electrons. The minimum atomic E-state index is -1.08. The van der Waals surface area contributed by atoms with E-state index in [9.17, 15) is 19.8 Å². The second-order valence-electron chi connectivity index (χ2n) is 5.79. The Morgan fingerprint density at radius 1 is 1.00 bits per heavy atom. The van der Waals surface area contributed by atoms with Gasteiger partial charge in [0.25, 0.3) is 0 Å². The van der Waals surface area contributed by atoms with Crippen LogP contribution in [0, 0.1) is 0 Å². The zero-order valence-corrected chi connectivity index (χ0v) is 13.9. The van der Waals surface area contributed by atoms with Gasteiger partial charge in [0, 0.05) is 28.6 Å². The average Bonchev–Trinajstić information content (AvgIpc) is 2.61. The number of fused-ring (bicyclic) bond motifs is 2. The Kier molecular flexibility index (Phi) is 3.67. The maximum atomic E-state index is 11.9. The number of phenols is 1. The first-order chi connectivity index (χ1) is 12.5. The minimum Gasteiger partial charge on any atom is -0.508 e. The number of halogens is 1. The third-order valence-corrected chi connectivity index (χ3v) is 4.48. The molecule has 2 aromatic carbocycles. The van der Waals surface area contributed by atoms with E-state index in [1.165, 1.54) is 30.3 Å². The van der Waals surface area contributed by atoms with Gasteiger partial charge in [-0.1, -0.05) is 29.8 Å². The van der Waals surface area contributed by atoms with Crippen molar-refractivity contribution in [3.8, 4) is 28.2 Å². The molecule has 26 heavy (non-hydrogen) atoms. The van der Waals surface area contributed by atoms with Gasteiger partial charge in [0.05, 0.1) is 10.6 Å². The van der Waals surface area contributed by atoms with Crippen LogP contribution in [-0.4, -0.2) is 16.2 Å². The van der Waals surface area contributed by atoms with Crippen LogP contribution in [0.4, 0.5) is 0 Å². The number of benzene rings is 3. The fourth-order valence-electron chi connectivity index (χ4n) is 3.06. The summed E-state index contributed by atoms with van der Waals surface area (Å²) in [4.78, 5) is 23.6. The van der Waals surface area contributed by atoms with Crippen LogP contribution >= 0.6 is 11.6 Å². The van der Waals surface area contributed by atoms with E-state index in [0.717, 1.165) is 0 Å². The highest BCUT2D eigenvalue weighted by Crippen LogP contribution is 2.42. The largest absolute Gasteiger partial charge is 0.508 e. The first-order valence-electron chi connectivity index (χ1n) is 7.67. The molecule has 5 nitrogen and oxygen atoms in total. The van der Waals surface area contributed by atoms with Gasteiger partial charge in [-0.15, -0.1) is 0 Å². The number of carboxylic acid groups (broad SMARTS) is 1. The van der Waals surface area contributed by atoms with Crippen LogP contribution in [-0.2, 0) is 0 Å². The van der Waals surface area contributed by atoms with Crippen molar-refractivity contribution >= 4 is 28.5 Å². The van der Waals surface area contributed by atoms with Gasteiger partial charge < -0.3 is 14.6 Å². The molecule has 4 rings (SSSR count). The average molecular weight is 367 g/mol. The van der Waals surface area contributed by atoms with Gasteiger partial charge in [0.2, 0.25) is 5.43 Å². The van der Waals surface area contributed by atoms with E-state index in [0.29, 0.717) is 27.7 Å². The summed E-state index contributed by atoms with van der Waals surface area (Å²) >= 11 is 6.02. The predicted molar refractivity (Wildman–Crippen MR) is 98.2 cm³/mol. The van der Waals surface area contributed by atoms with Crippen LogP contribution in [0.5, 0.6) is 5.75 Å². The maximum Gasteiger partial charge on any atom is 0.336 e. The summed E-state index contributed by atoms with van der Waals surface area (Å²) in [6.45, 7) is 0. The van der Waals surface area contributed by atoms with E-state index >= 15 is 0 Å². The third kappa shape index (κ3) is 2.50. The van der Waals surface area contributed by atoms with Gasteiger partial charge in [0.1, 0.15) is 17.1 Å². The molecule has 6 heteroatoms. The lowest BCUT2D eigenvalue weighted by Crippen LogP contribution is -2.04. The zero-order chi connectivity index (χ0) is 18.4. The van der Waals surface area contributed by atoms with Gasteiger partial charge in [-0.3, -0.25) is 4.79 Å². The molecule has 1 heterocycles. The number of rotatable bonds is 2. The Balaban J connectivity index is 2.24. The molecule has 1 aliphatic carbocycles. The molecule has 0 fully saturated rings. The molecule has 0 unspecified atom stereocenters. The summed E-state index contributed by atoms with van der Waals surface area (Å²) in [7, 11) is 0. The first kappa shape index (κ1) is 16.2. The Labute approximate surface area is 152 Å². The lowest BCUT2D eigenvalue weighted by Gasteiger charge is -2.17. The molecule has 0 aromatic heterocycles. The van der Waals surface area contributed by atoms with Crippen molar-refractivity contribution in [1.82, 2.24) is 0 Å². The van der Waals surface area contributed by atoms with Gasteiger partial charge in [-0.05, 0) is 29.8 Å². The topological polar surface area (TPSA) is 87.7 Å². The second-order valence-corrected chi connectivity index (χ2v) is 6.19. The van der Waals surface area contributed by atoms with Crippen molar-refractivity contribution in [1.29, 1.82) is 0 Å². The molecule has 1 aliphatic heterocycles. The van der Waals surface area contributed by atoms with Crippen molar-refractivity contribution in [3.63, 3.8) is 0 Å². The number of aromatic carboxylic acids is 1. The van der Waals surface area contributed by atoms with E-state index in [1.807, 2.05) is 0 Å². The summed E-state index contributed by atoms with van der Waals surface area (Å²) in [6.07, 6.45) is 0. The number of carboxylic acids is 1. The summed E-state index contributed by atoms with van der Waals surface area (Å²) in [5.74, 6) is -0.824. The number of aromatic hydroxyl groups is 1. The Morgan fingerprint density at radius 2 is 1.77 bits per heavy atom. The molecule has 0 saturated heterocycles. The Bertz CT molecular complexity index is 1210. The van der Waals surface area contributed by atoms with Crippen molar-refractivity contribution in [2.75, 3.05) is 0 Å². The highest BCUT2D eigenvalue weighted by atomic mass is 35.5. The smallest absolute Gasteiger partial charge is 0.336 e. The van der Waals surface area contributed by atoms with Crippen molar-refractivity contribution < 1.29 is 19.4 Å². The van der Waals surface area contributed by atoms with E-state index < -0.39 is 11.4 Å². The fraction of sp³-hybridized carbons (Fsp3) is 0. The lowest BCUT2D eigenvalue weighted by molar-refractivity contribution is 0.0697. The molecule has 0 saturated carbocycles. The normalized spacial score (nSPS) is 11.1.